The third kappa shape index (κ3) is 4.26. The minimum absolute atomic E-state index is 0.0234. The zero-order valence-electron chi connectivity index (χ0n) is 26.2. The van der Waals surface area contributed by atoms with E-state index in [9.17, 15) is 4.79 Å². The Morgan fingerprint density at radius 2 is 1.88 bits per heavy atom. The monoisotopic (exact) mass is 561 g/mol. The average Bonchev–Trinajstić information content (AvgIpc) is 3.40. The summed E-state index contributed by atoms with van der Waals surface area (Å²) in [5.41, 5.74) is 3.79. The van der Waals surface area contributed by atoms with E-state index in [0.29, 0.717) is 34.8 Å². The topological polar surface area (TPSA) is 48.0 Å². The maximum Gasteiger partial charge on any atom is 0.338 e. The van der Waals surface area contributed by atoms with Gasteiger partial charge in [0, 0.05) is 38.5 Å². The summed E-state index contributed by atoms with van der Waals surface area (Å²) < 4.78 is 19.6. The Balaban J connectivity index is 1.06. The van der Waals surface area contributed by atoms with E-state index in [1.165, 1.54) is 32.1 Å². The highest BCUT2D eigenvalue weighted by Gasteiger charge is 2.68. The van der Waals surface area contributed by atoms with Crippen molar-refractivity contribution >= 4 is 11.7 Å². The van der Waals surface area contributed by atoms with Gasteiger partial charge in [-0.3, -0.25) is 0 Å². The standard InChI is InChI=1S/C36H51NO4/c1-22-12-17-36(39-21-22)23(2)32-31(41-36)20-30-28-11-10-25-19-27(13-15-34(25,3)29(28)14-16-35(30,32)4)40-33(38)24-8-7-9-26(18-24)37(5)6/h7-10,18,22-23,27-32H,11-17,19-21H2,1-6H3/t22-,23+,27+,28-,29+,30+,31+,32+,34+,35+,36-/m1/s1. The van der Waals surface area contributed by atoms with E-state index in [1.54, 1.807) is 5.57 Å². The lowest BCUT2D eigenvalue weighted by molar-refractivity contribution is -0.272. The highest BCUT2D eigenvalue weighted by atomic mass is 16.7. The van der Waals surface area contributed by atoms with Crippen molar-refractivity contribution in [2.24, 2.45) is 46.3 Å². The van der Waals surface area contributed by atoms with Gasteiger partial charge in [-0.2, -0.15) is 0 Å². The highest BCUT2D eigenvalue weighted by molar-refractivity contribution is 5.90. The van der Waals surface area contributed by atoms with Crippen molar-refractivity contribution in [3.8, 4) is 0 Å². The van der Waals surface area contributed by atoms with Gasteiger partial charge in [-0.05, 0) is 104 Å². The van der Waals surface area contributed by atoms with Gasteiger partial charge in [0.1, 0.15) is 6.10 Å². The second kappa shape index (κ2) is 9.84. The van der Waals surface area contributed by atoms with Crippen LogP contribution >= 0.6 is 0 Å². The van der Waals surface area contributed by atoms with Gasteiger partial charge in [0.25, 0.3) is 0 Å². The van der Waals surface area contributed by atoms with E-state index in [1.807, 2.05) is 43.3 Å². The number of anilines is 1. The van der Waals surface area contributed by atoms with Crippen molar-refractivity contribution in [3.63, 3.8) is 0 Å². The van der Waals surface area contributed by atoms with E-state index < -0.39 is 0 Å². The summed E-state index contributed by atoms with van der Waals surface area (Å²) in [7, 11) is 3.99. The summed E-state index contributed by atoms with van der Waals surface area (Å²) in [5, 5.41) is 0. The van der Waals surface area contributed by atoms with Crippen molar-refractivity contribution < 1.29 is 19.0 Å². The maximum atomic E-state index is 13.1. The molecule has 1 aromatic rings. The zero-order valence-corrected chi connectivity index (χ0v) is 26.2. The smallest absolute Gasteiger partial charge is 0.338 e. The van der Waals surface area contributed by atoms with Gasteiger partial charge >= 0.3 is 5.97 Å². The summed E-state index contributed by atoms with van der Waals surface area (Å²) in [6.07, 6.45) is 13.2. The summed E-state index contributed by atoms with van der Waals surface area (Å²) in [5.74, 6) is 3.40. The number of esters is 1. The molecule has 3 saturated carbocycles. The SMILES string of the molecule is C[C@@H]1CC[C@@]2(OC1)O[C@H]1C[C@H]3[C@@H]4CC=C5C[C@@H](OC(=O)c6cccc(N(C)C)c6)CC[C@]5(C)[C@H]4CC[C@]3(C)[C@H]1[C@@H]2C. The van der Waals surface area contributed by atoms with Crippen LogP contribution in [0.5, 0.6) is 0 Å². The summed E-state index contributed by atoms with van der Waals surface area (Å²) in [4.78, 5) is 15.1. The van der Waals surface area contributed by atoms with Gasteiger partial charge in [0.2, 0.25) is 0 Å². The molecule has 11 atom stereocenters. The van der Waals surface area contributed by atoms with Crippen molar-refractivity contribution in [1.82, 2.24) is 0 Å². The Morgan fingerprint density at radius 3 is 2.63 bits per heavy atom. The lowest BCUT2D eigenvalue weighted by Gasteiger charge is -2.58. The predicted molar refractivity (Wildman–Crippen MR) is 162 cm³/mol. The second-order valence-corrected chi connectivity index (χ2v) is 15.5. The molecule has 5 fully saturated rings. The Labute approximate surface area is 247 Å². The molecule has 7 rings (SSSR count). The summed E-state index contributed by atoms with van der Waals surface area (Å²) in [6.45, 7) is 10.8. The molecule has 0 amide bonds. The van der Waals surface area contributed by atoms with E-state index >= 15 is 0 Å². The number of hydrogen-bond donors (Lipinski definition) is 0. The van der Waals surface area contributed by atoms with Crippen LogP contribution in [-0.4, -0.2) is 44.7 Å². The van der Waals surface area contributed by atoms with Crippen LogP contribution < -0.4 is 4.90 Å². The van der Waals surface area contributed by atoms with Gasteiger partial charge in [-0.1, -0.05) is 45.4 Å². The molecule has 0 radical (unpaired) electrons. The van der Waals surface area contributed by atoms with Gasteiger partial charge in [-0.25, -0.2) is 4.79 Å². The van der Waals surface area contributed by atoms with Crippen LogP contribution in [0.25, 0.3) is 0 Å². The first-order chi connectivity index (χ1) is 19.5. The zero-order chi connectivity index (χ0) is 28.7. The molecule has 1 aromatic carbocycles. The highest BCUT2D eigenvalue weighted by Crippen LogP contribution is 2.70. The Kier molecular flexibility index (Phi) is 6.71. The fourth-order valence-electron chi connectivity index (χ4n) is 10.9. The van der Waals surface area contributed by atoms with Gasteiger partial charge in [0.15, 0.2) is 5.79 Å². The van der Waals surface area contributed by atoms with Gasteiger partial charge in [-0.15, -0.1) is 0 Å². The number of nitrogens with zero attached hydrogens (tertiary/aromatic N) is 1. The van der Waals surface area contributed by atoms with Crippen LogP contribution in [0.4, 0.5) is 5.69 Å². The largest absolute Gasteiger partial charge is 0.458 e. The average molecular weight is 562 g/mol. The third-order valence-corrected chi connectivity index (χ3v) is 13.2. The second-order valence-electron chi connectivity index (χ2n) is 15.5. The van der Waals surface area contributed by atoms with E-state index in [0.717, 1.165) is 55.7 Å². The van der Waals surface area contributed by atoms with Gasteiger partial charge in [0.05, 0.1) is 18.3 Å². The number of ether oxygens (including phenoxy) is 3. The lowest BCUT2D eigenvalue weighted by Crippen LogP contribution is -2.52. The summed E-state index contributed by atoms with van der Waals surface area (Å²) >= 11 is 0. The van der Waals surface area contributed by atoms with E-state index in [-0.39, 0.29) is 23.3 Å². The van der Waals surface area contributed by atoms with E-state index in [2.05, 4.69) is 33.8 Å². The number of rotatable bonds is 3. The van der Waals surface area contributed by atoms with Crippen molar-refractivity contribution in [1.29, 1.82) is 0 Å². The first-order valence-electron chi connectivity index (χ1n) is 16.5. The molecule has 0 N–H and O–H groups in total. The molecule has 1 spiro atoms. The minimum Gasteiger partial charge on any atom is -0.458 e. The van der Waals surface area contributed by atoms with Crippen molar-refractivity contribution in [3.05, 3.63) is 41.5 Å². The van der Waals surface area contributed by atoms with Gasteiger partial charge < -0.3 is 19.1 Å². The number of allylic oxidation sites excluding steroid dienone is 1. The number of carbonyl (C=O) groups is 1. The molecule has 4 aliphatic carbocycles. The molecule has 0 bridgehead atoms. The number of benzene rings is 1. The lowest BCUT2D eigenvalue weighted by atomic mass is 9.47. The molecule has 0 unspecified atom stereocenters. The number of hydrogen-bond acceptors (Lipinski definition) is 5. The molecule has 5 heteroatoms. The van der Waals surface area contributed by atoms with Crippen molar-refractivity contribution in [2.45, 2.75) is 103 Å². The molecule has 2 heterocycles. The Morgan fingerprint density at radius 1 is 1.05 bits per heavy atom. The number of carbonyl (C=O) groups excluding carboxylic acids is 1. The minimum atomic E-state index is -0.331. The predicted octanol–water partition coefficient (Wildman–Crippen LogP) is 7.64. The maximum absolute atomic E-state index is 13.1. The molecule has 5 nitrogen and oxygen atoms in total. The van der Waals surface area contributed by atoms with E-state index in [4.69, 9.17) is 14.2 Å². The third-order valence-electron chi connectivity index (χ3n) is 13.2. The summed E-state index contributed by atoms with van der Waals surface area (Å²) in [6, 6.07) is 7.77. The fourth-order valence-corrected chi connectivity index (χ4v) is 10.9. The van der Waals surface area contributed by atoms with Crippen LogP contribution in [0.15, 0.2) is 35.9 Å². The normalized spacial score (nSPS) is 46.6. The Bertz CT molecular complexity index is 1220. The molecular weight excluding hydrogens is 510 g/mol. The fraction of sp³-hybridized carbons (Fsp3) is 0.750. The quantitative estimate of drug-likeness (QED) is 0.280. The number of fused-ring (bicyclic) bond motifs is 7. The molecule has 0 aromatic heterocycles. The molecule has 2 aliphatic heterocycles. The molecule has 41 heavy (non-hydrogen) atoms. The van der Waals surface area contributed by atoms with Crippen LogP contribution in [-0.2, 0) is 14.2 Å². The van der Waals surface area contributed by atoms with Crippen LogP contribution in [0.1, 0.15) is 95.8 Å². The molecule has 224 valence electrons. The molecular formula is C36H51NO4. The first-order valence-corrected chi connectivity index (χ1v) is 16.5. The molecule has 6 aliphatic rings. The van der Waals surface area contributed by atoms with Crippen LogP contribution in [0.3, 0.4) is 0 Å². The molecule has 2 saturated heterocycles. The van der Waals surface area contributed by atoms with Crippen LogP contribution in [0, 0.1) is 46.3 Å². The van der Waals surface area contributed by atoms with Crippen LogP contribution in [0.2, 0.25) is 0 Å². The Hall–Kier alpha value is -1.85. The first kappa shape index (κ1) is 28.0. The van der Waals surface area contributed by atoms with Crippen molar-refractivity contribution in [2.75, 3.05) is 25.6 Å².